The Bertz CT molecular complexity index is 1710. The molecule has 1 amide bonds. The molecule has 0 spiro atoms. The monoisotopic (exact) mass is 551 g/mol. The fraction of sp³-hybridized carbons (Fsp3) is 0.355. The van der Waals surface area contributed by atoms with Crippen LogP contribution in [0.25, 0.3) is 27.9 Å². The lowest BCUT2D eigenvalue weighted by molar-refractivity contribution is 0.0445. The minimum atomic E-state index is -0.516. The SMILES string of the molecule is CN(Cc1ccccc1)c1cc(-c2cn(C3CCOCC3)c3ncccc23)nn2c(C(=O)N[C@@H]3CC[C@@H]3O)cnc12. The van der Waals surface area contributed by atoms with Crippen molar-refractivity contribution in [2.75, 3.05) is 25.2 Å². The second kappa shape index (κ2) is 10.6. The number of fused-ring (bicyclic) bond motifs is 2. The summed E-state index contributed by atoms with van der Waals surface area (Å²) in [6.45, 7) is 2.12. The number of benzene rings is 1. The van der Waals surface area contributed by atoms with Crippen molar-refractivity contribution in [3.8, 4) is 11.3 Å². The Morgan fingerprint density at radius 1 is 1.07 bits per heavy atom. The fourth-order valence-corrected chi connectivity index (χ4v) is 5.88. The molecule has 1 aliphatic carbocycles. The Labute approximate surface area is 237 Å². The molecular weight excluding hydrogens is 518 g/mol. The van der Waals surface area contributed by atoms with Gasteiger partial charge in [0.1, 0.15) is 5.65 Å². The van der Waals surface area contributed by atoms with Gasteiger partial charge < -0.3 is 24.6 Å². The minimum Gasteiger partial charge on any atom is -0.391 e. The first-order valence-electron chi connectivity index (χ1n) is 14.2. The molecule has 1 saturated heterocycles. The summed E-state index contributed by atoms with van der Waals surface area (Å²) in [6, 6.07) is 16.4. The van der Waals surface area contributed by atoms with Gasteiger partial charge in [-0.2, -0.15) is 5.10 Å². The van der Waals surface area contributed by atoms with Gasteiger partial charge in [0.05, 0.1) is 29.7 Å². The quantitative estimate of drug-likeness (QED) is 0.315. The molecule has 10 nitrogen and oxygen atoms in total. The van der Waals surface area contributed by atoms with Gasteiger partial charge in [-0.3, -0.25) is 4.79 Å². The van der Waals surface area contributed by atoms with Crippen LogP contribution in [0.3, 0.4) is 0 Å². The lowest BCUT2D eigenvalue weighted by atomic mass is 9.89. The molecule has 1 aromatic carbocycles. The largest absolute Gasteiger partial charge is 0.391 e. The number of carbonyl (C=O) groups excluding carboxylic acids is 1. The molecule has 5 heterocycles. The highest BCUT2D eigenvalue weighted by molar-refractivity contribution is 5.96. The summed E-state index contributed by atoms with van der Waals surface area (Å²) in [4.78, 5) is 24.9. The van der Waals surface area contributed by atoms with Crippen LogP contribution in [0, 0.1) is 0 Å². The smallest absolute Gasteiger partial charge is 0.271 e. The van der Waals surface area contributed by atoms with Crippen LogP contribution < -0.4 is 10.2 Å². The Hall–Kier alpha value is -4.28. The predicted molar refractivity (Wildman–Crippen MR) is 156 cm³/mol. The Morgan fingerprint density at radius 2 is 1.90 bits per heavy atom. The first-order chi connectivity index (χ1) is 20.1. The molecule has 2 N–H and O–H groups in total. The molecule has 5 aromatic rings. The van der Waals surface area contributed by atoms with Crippen molar-refractivity contribution in [3.05, 3.63) is 78.4 Å². The Kier molecular flexibility index (Phi) is 6.64. The maximum absolute atomic E-state index is 13.3. The molecule has 0 unspecified atom stereocenters. The van der Waals surface area contributed by atoms with Gasteiger partial charge in [-0.15, -0.1) is 0 Å². The first kappa shape index (κ1) is 25.7. The highest BCUT2D eigenvalue weighted by Crippen LogP contribution is 2.36. The molecule has 0 radical (unpaired) electrons. The summed E-state index contributed by atoms with van der Waals surface area (Å²) >= 11 is 0. The zero-order valence-electron chi connectivity index (χ0n) is 23.0. The van der Waals surface area contributed by atoms with Gasteiger partial charge in [0, 0.05) is 56.2 Å². The normalized spacial score (nSPS) is 19.4. The lowest BCUT2D eigenvalue weighted by Crippen LogP contribution is -2.50. The number of imidazole rings is 1. The number of hydrogen-bond acceptors (Lipinski definition) is 7. The topological polar surface area (TPSA) is 110 Å². The average molecular weight is 552 g/mol. The van der Waals surface area contributed by atoms with E-state index in [1.54, 1.807) is 10.7 Å². The zero-order valence-corrected chi connectivity index (χ0v) is 23.0. The van der Waals surface area contributed by atoms with Gasteiger partial charge in [0.25, 0.3) is 5.91 Å². The van der Waals surface area contributed by atoms with Crippen molar-refractivity contribution < 1.29 is 14.6 Å². The number of anilines is 1. The van der Waals surface area contributed by atoms with E-state index in [4.69, 9.17) is 14.8 Å². The van der Waals surface area contributed by atoms with E-state index in [9.17, 15) is 9.90 Å². The molecule has 2 atom stereocenters. The number of carbonyl (C=O) groups is 1. The summed E-state index contributed by atoms with van der Waals surface area (Å²) < 4.78 is 9.52. The van der Waals surface area contributed by atoms with Crippen LogP contribution in [-0.2, 0) is 11.3 Å². The summed E-state index contributed by atoms with van der Waals surface area (Å²) in [5.41, 5.74) is 5.54. The molecule has 210 valence electrons. The van der Waals surface area contributed by atoms with Crippen molar-refractivity contribution >= 4 is 28.3 Å². The van der Waals surface area contributed by atoms with Crippen LogP contribution in [-0.4, -0.2) is 67.6 Å². The van der Waals surface area contributed by atoms with Crippen LogP contribution >= 0.6 is 0 Å². The van der Waals surface area contributed by atoms with Crippen LogP contribution in [0.5, 0.6) is 0 Å². The first-order valence-corrected chi connectivity index (χ1v) is 14.2. The number of rotatable bonds is 7. The van der Waals surface area contributed by atoms with Crippen molar-refractivity contribution in [3.63, 3.8) is 0 Å². The van der Waals surface area contributed by atoms with Gasteiger partial charge in [0.15, 0.2) is 11.3 Å². The summed E-state index contributed by atoms with van der Waals surface area (Å²) in [5.74, 6) is -0.297. The number of aliphatic hydroxyl groups is 1. The Balaban J connectivity index is 1.36. The van der Waals surface area contributed by atoms with E-state index in [-0.39, 0.29) is 11.9 Å². The maximum atomic E-state index is 13.3. The number of aliphatic hydroxyl groups excluding tert-OH is 1. The van der Waals surface area contributed by atoms with E-state index < -0.39 is 6.10 Å². The van der Waals surface area contributed by atoms with E-state index in [0.29, 0.717) is 30.3 Å². The van der Waals surface area contributed by atoms with Gasteiger partial charge in [-0.05, 0) is 49.4 Å². The van der Waals surface area contributed by atoms with Crippen molar-refractivity contribution in [2.45, 2.75) is 50.4 Å². The molecule has 41 heavy (non-hydrogen) atoms. The predicted octanol–water partition coefficient (Wildman–Crippen LogP) is 3.99. The Morgan fingerprint density at radius 3 is 2.66 bits per heavy atom. The molecular formula is C31H33N7O3. The molecule has 4 aromatic heterocycles. The number of nitrogens with one attached hydrogen (secondary N) is 1. The van der Waals surface area contributed by atoms with Gasteiger partial charge in [-0.1, -0.05) is 30.3 Å². The van der Waals surface area contributed by atoms with Gasteiger partial charge >= 0.3 is 0 Å². The van der Waals surface area contributed by atoms with Crippen LogP contribution in [0.15, 0.2) is 67.1 Å². The third-order valence-electron chi connectivity index (χ3n) is 8.36. The van der Waals surface area contributed by atoms with E-state index in [0.717, 1.165) is 66.0 Å². The van der Waals surface area contributed by atoms with Crippen molar-refractivity contribution in [1.29, 1.82) is 0 Å². The average Bonchev–Trinajstić information content (AvgIpc) is 3.62. The number of nitrogens with zero attached hydrogens (tertiary/aromatic N) is 6. The molecule has 2 fully saturated rings. The van der Waals surface area contributed by atoms with E-state index in [1.807, 2.05) is 37.5 Å². The van der Waals surface area contributed by atoms with E-state index >= 15 is 0 Å². The summed E-state index contributed by atoms with van der Waals surface area (Å²) in [5, 5.41) is 19.0. The summed E-state index contributed by atoms with van der Waals surface area (Å²) in [7, 11) is 2.03. The highest BCUT2D eigenvalue weighted by atomic mass is 16.5. The summed E-state index contributed by atoms with van der Waals surface area (Å²) in [6.07, 6.45) is 8.32. The second-order valence-corrected chi connectivity index (χ2v) is 11.0. The molecule has 0 bridgehead atoms. The second-order valence-electron chi connectivity index (χ2n) is 11.0. The van der Waals surface area contributed by atoms with Crippen molar-refractivity contribution in [2.24, 2.45) is 0 Å². The molecule has 7 rings (SSSR count). The fourth-order valence-electron chi connectivity index (χ4n) is 5.88. The maximum Gasteiger partial charge on any atom is 0.271 e. The van der Waals surface area contributed by atoms with Crippen LogP contribution in [0.1, 0.15) is 47.8 Å². The molecule has 1 aliphatic heterocycles. The van der Waals surface area contributed by atoms with Gasteiger partial charge in [0.2, 0.25) is 0 Å². The number of amides is 1. The van der Waals surface area contributed by atoms with Crippen LogP contribution in [0.4, 0.5) is 5.69 Å². The standard InChI is InChI=1S/C31H33N7O3/c1-36(18-20-6-3-2-4-7-20)26-16-25(35-38-27(17-33-30(26)38)31(40)34-24-9-10-28(24)39)23-19-37(21-11-14-41-15-12-21)29-22(23)8-5-13-32-29/h2-8,13,16-17,19,21,24,28,39H,9-12,14-15,18H2,1H3,(H,34,40)/t24-,28+/m1/s1. The number of ether oxygens (including phenoxy) is 1. The van der Waals surface area contributed by atoms with E-state index in [2.05, 4.69) is 50.2 Å². The van der Waals surface area contributed by atoms with E-state index in [1.165, 1.54) is 0 Å². The number of aromatic nitrogens is 5. The molecule has 10 heteroatoms. The molecule has 1 saturated carbocycles. The third kappa shape index (κ3) is 4.72. The van der Waals surface area contributed by atoms with Crippen LogP contribution in [0.2, 0.25) is 0 Å². The van der Waals surface area contributed by atoms with Crippen molar-refractivity contribution in [1.82, 2.24) is 29.5 Å². The molecule has 2 aliphatic rings. The number of hydrogen-bond donors (Lipinski definition) is 2. The third-order valence-corrected chi connectivity index (χ3v) is 8.36. The van der Waals surface area contributed by atoms with Gasteiger partial charge in [-0.25, -0.2) is 14.5 Å². The lowest BCUT2D eigenvalue weighted by Gasteiger charge is -2.32. The highest BCUT2D eigenvalue weighted by Gasteiger charge is 2.31. The zero-order chi connectivity index (χ0) is 27.9. The minimum absolute atomic E-state index is 0.250. The number of pyridine rings is 1.